The van der Waals surface area contributed by atoms with Crippen molar-refractivity contribution in [2.75, 3.05) is 22.4 Å². The van der Waals surface area contributed by atoms with Gasteiger partial charge in [0.25, 0.3) is 0 Å². The number of sulfonamides is 1. The molecule has 0 heterocycles. The predicted octanol–water partition coefficient (Wildman–Crippen LogP) is 4.06. The molecule has 0 unspecified atom stereocenters. The highest BCUT2D eigenvalue weighted by molar-refractivity contribution is 7.92. The summed E-state index contributed by atoms with van der Waals surface area (Å²) in [6, 6.07) is 10.8. The van der Waals surface area contributed by atoms with Gasteiger partial charge in [0.05, 0.1) is 11.9 Å². The van der Waals surface area contributed by atoms with Crippen molar-refractivity contribution in [3.05, 3.63) is 58.1 Å². The van der Waals surface area contributed by atoms with Crippen LogP contribution in [0.3, 0.4) is 0 Å². The zero-order valence-electron chi connectivity index (χ0n) is 15.3. The minimum absolute atomic E-state index is 0.0345. The van der Waals surface area contributed by atoms with E-state index in [0.717, 1.165) is 22.9 Å². The number of nitrogens with one attached hydrogen (secondary N) is 1. The number of benzene rings is 2. The van der Waals surface area contributed by atoms with Crippen LogP contribution in [-0.2, 0) is 14.8 Å². The van der Waals surface area contributed by atoms with E-state index in [-0.39, 0.29) is 18.9 Å². The van der Waals surface area contributed by atoms with Crippen molar-refractivity contribution < 1.29 is 13.2 Å². The Bertz CT molecular complexity index is 906. The fourth-order valence-electron chi connectivity index (χ4n) is 2.79. The van der Waals surface area contributed by atoms with Gasteiger partial charge in [-0.1, -0.05) is 35.9 Å². The highest BCUT2D eigenvalue weighted by Gasteiger charge is 2.22. The van der Waals surface area contributed by atoms with Gasteiger partial charge in [-0.05, 0) is 49.6 Å². The molecular formula is C19H23ClN2O3S. The van der Waals surface area contributed by atoms with E-state index in [0.29, 0.717) is 16.4 Å². The number of anilines is 2. The van der Waals surface area contributed by atoms with Crippen LogP contribution >= 0.6 is 11.6 Å². The van der Waals surface area contributed by atoms with Gasteiger partial charge in [-0.2, -0.15) is 0 Å². The highest BCUT2D eigenvalue weighted by Crippen LogP contribution is 2.27. The number of hydrogen-bond acceptors (Lipinski definition) is 3. The number of para-hydroxylation sites is 1. The lowest BCUT2D eigenvalue weighted by Crippen LogP contribution is -2.34. The van der Waals surface area contributed by atoms with E-state index in [2.05, 4.69) is 5.32 Å². The van der Waals surface area contributed by atoms with Gasteiger partial charge in [0.15, 0.2) is 0 Å². The van der Waals surface area contributed by atoms with E-state index in [9.17, 15) is 13.2 Å². The van der Waals surface area contributed by atoms with Crippen molar-refractivity contribution in [1.82, 2.24) is 0 Å². The molecule has 2 aromatic carbocycles. The summed E-state index contributed by atoms with van der Waals surface area (Å²) >= 11 is 5.96. The molecule has 0 radical (unpaired) electrons. The van der Waals surface area contributed by atoms with E-state index < -0.39 is 10.0 Å². The van der Waals surface area contributed by atoms with E-state index in [1.165, 1.54) is 4.31 Å². The van der Waals surface area contributed by atoms with Gasteiger partial charge < -0.3 is 5.32 Å². The van der Waals surface area contributed by atoms with E-state index in [1.807, 2.05) is 45.0 Å². The van der Waals surface area contributed by atoms with Crippen LogP contribution in [0, 0.1) is 20.8 Å². The van der Waals surface area contributed by atoms with E-state index >= 15 is 0 Å². The van der Waals surface area contributed by atoms with Crippen molar-refractivity contribution in [2.24, 2.45) is 0 Å². The molecule has 0 saturated carbocycles. The third-order valence-corrected chi connectivity index (χ3v) is 5.51. The van der Waals surface area contributed by atoms with Gasteiger partial charge in [0.2, 0.25) is 15.9 Å². The molecule has 0 fully saturated rings. The van der Waals surface area contributed by atoms with E-state index in [1.54, 1.807) is 12.1 Å². The summed E-state index contributed by atoms with van der Waals surface area (Å²) in [7, 11) is -3.51. The second-order valence-electron chi connectivity index (χ2n) is 6.33. The smallest absolute Gasteiger partial charge is 0.232 e. The minimum atomic E-state index is -3.51. The van der Waals surface area contributed by atoms with Crippen molar-refractivity contribution in [3.8, 4) is 0 Å². The number of nitrogens with zero attached hydrogens (tertiary/aromatic N) is 1. The standard InChI is InChI=1S/C19H23ClN2O3S/c1-13-8-9-16(20)12-17(13)21-18(23)10-11-22(26(4,24)25)19-14(2)6-5-7-15(19)3/h5-9,12H,10-11H2,1-4H3,(H,21,23). The Morgan fingerprint density at radius 3 is 2.27 bits per heavy atom. The monoisotopic (exact) mass is 394 g/mol. The molecule has 0 aliphatic heterocycles. The van der Waals surface area contributed by atoms with Crippen molar-refractivity contribution in [1.29, 1.82) is 0 Å². The normalized spacial score (nSPS) is 11.3. The second kappa shape index (κ2) is 8.10. The van der Waals surface area contributed by atoms with Crippen molar-refractivity contribution >= 4 is 38.9 Å². The molecule has 2 aromatic rings. The molecule has 0 aliphatic rings. The van der Waals surface area contributed by atoms with Gasteiger partial charge in [0, 0.05) is 23.7 Å². The average Bonchev–Trinajstić information content (AvgIpc) is 2.52. The Morgan fingerprint density at radius 2 is 1.69 bits per heavy atom. The molecule has 0 aromatic heterocycles. The van der Waals surface area contributed by atoms with Crippen LogP contribution in [-0.4, -0.2) is 27.1 Å². The summed E-state index contributed by atoms with van der Waals surface area (Å²) in [5.74, 6) is -0.268. The zero-order valence-corrected chi connectivity index (χ0v) is 16.9. The fourth-order valence-corrected chi connectivity index (χ4v) is 4.00. The molecule has 7 heteroatoms. The maximum absolute atomic E-state index is 12.3. The first-order chi connectivity index (χ1) is 12.1. The Hall–Kier alpha value is -2.05. The maximum Gasteiger partial charge on any atom is 0.232 e. The summed E-state index contributed by atoms with van der Waals surface area (Å²) in [6.07, 6.45) is 1.19. The van der Waals surface area contributed by atoms with Gasteiger partial charge in [-0.3, -0.25) is 9.10 Å². The number of amides is 1. The van der Waals surface area contributed by atoms with Gasteiger partial charge in [-0.15, -0.1) is 0 Å². The molecule has 0 spiro atoms. The highest BCUT2D eigenvalue weighted by atomic mass is 35.5. The maximum atomic E-state index is 12.3. The first kappa shape index (κ1) is 20.3. The topological polar surface area (TPSA) is 66.5 Å². The molecule has 26 heavy (non-hydrogen) atoms. The van der Waals surface area contributed by atoms with Crippen LogP contribution < -0.4 is 9.62 Å². The fraction of sp³-hybridized carbons (Fsp3) is 0.316. The SMILES string of the molecule is Cc1ccc(Cl)cc1NC(=O)CCN(c1c(C)cccc1C)S(C)(=O)=O. The Morgan fingerprint density at radius 1 is 1.08 bits per heavy atom. The number of aryl methyl sites for hydroxylation is 3. The van der Waals surface area contributed by atoms with E-state index in [4.69, 9.17) is 11.6 Å². The molecule has 0 aliphatic carbocycles. The molecule has 5 nitrogen and oxygen atoms in total. The van der Waals surface area contributed by atoms with Crippen LogP contribution in [0.2, 0.25) is 5.02 Å². The van der Waals surface area contributed by atoms with Gasteiger partial charge in [0.1, 0.15) is 0 Å². The average molecular weight is 395 g/mol. The van der Waals surface area contributed by atoms with Crippen LogP contribution in [0.15, 0.2) is 36.4 Å². The summed E-state index contributed by atoms with van der Waals surface area (Å²) in [6.45, 7) is 5.65. The minimum Gasteiger partial charge on any atom is -0.326 e. The Kier molecular flexibility index (Phi) is 6.31. The first-order valence-electron chi connectivity index (χ1n) is 8.19. The number of carbonyl (C=O) groups is 1. The lowest BCUT2D eigenvalue weighted by atomic mass is 10.1. The Balaban J connectivity index is 2.18. The predicted molar refractivity (Wildman–Crippen MR) is 108 cm³/mol. The summed E-state index contributed by atoms with van der Waals surface area (Å²) in [5, 5.41) is 3.32. The number of rotatable bonds is 6. The molecule has 1 amide bonds. The second-order valence-corrected chi connectivity index (χ2v) is 8.68. The van der Waals surface area contributed by atoms with Crippen LogP contribution in [0.25, 0.3) is 0 Å². The lowest BCUT2D eigenvalue weighted by Gasteiger charge is -2.25. The summed E-state index contributed by atoms with van der Waals surface area (Å²) < 4.78 is 25.9. The molecule has 0 bridgehead atoms. The Labute approximate surface area is 160 Å². The van der Waals surface area contributed by atoms with Crippen LogP contribution in [0.1, 0.15) is 23.1 Å². The molecule has 0 saturated heterocycles. The van der Waals surface area contributed by atoms with Gasteiger partial charge >= 0.3 is 0 Å². The molecule has 0 atom stereocenters. The van der Waals surface area contributed by atoms with Crippen molar-refractivity contribution in [3.63, 3.8) is 0 Å². The third-order valence-electron chi connectivity index (χ3n) is 4.10. The molecular weight excluding hydrogens is 372 g/mol. The lowest BCUT2D eigenvalue weighted by molar-refractivity contribution is -0.116. The third kappa shape index (κ3) is 4.99. The van der Waals surface area contributed by atoms with Crippen LogP contribution in [0.4, 0.5) is 11.4 Å². The number of carbonyl (C=O) groups excluding carboxylic acids is 1. The quantitative estimate of drug-likeness (QED) is 0.803. The number of hydrogen-bond donors (Lipinski definition) is 1. The van der Waals surface area contributed by atoms with Crippen molar-refractivity contribution in [2.45, 2.75) is 27.2 Å². The summed E-state index contributed by atoms with van der Waals surface area (Å²) in [5.41, 5.74) is 3.84. The van der Waals surface area contributed by atoms with Gasteiger partial charge in [-0.25, -0.2) is 8.42 Å². The van der Waals surface area contributed by atoms with Crippen LogP contribution in [0.5, 0.6) is 0 Å². The first-order valence-corrected chi connectivity index (χ1v) is 10.4. The molecule has 2 rings (SSSR count). The summed E-state index contributed by atoms with van der Waals surface area (Å²) in [4.78, 5) is 12.3. The molecule has 140 valence electrons. The number of halogens is 1. The molecule has 1 N–H and O–H groups in total. The zero-order chi connectivity index (χ0) is 19.5. The largest absolute Gasteiger partial charge is 0.326 e.